The molecular weight excluding hydrogens is 362 g/mol. The van der Waals surface area contributed by atoms with Crippen LogP contribution >= 0.6 is 0 Å². The maximum atomic E-state index is 5.69. The summed E-state index contributed by atoms with van der Waals surface area (Å²) in [4.78, 5) is 13.9. The van der Waals surface area contributed by atoms with Gasteiger partial charge in [0.05, 0.1) is 18.5 Å². The third-order valence-corrected chi connectivity index (χ3v) is 5.32. The minimum atomic E-state index is 0.567. The van der Waals surface area contributed by atoms with Gasteiger partial charge in [0.1, 0.15) is 5.75 Å². The molecule has 0 aliphatic carbocycles. The van der Waals surface area contributed by atoms with E-state index in [-0.39, 0.29) is 0 Å². The van der Waals surface area contributed by atoms with E-state index in [1.807, 2.05) is 42.5 Å². The van der Waals surface area contributed by atoms with Gasteiger partial charge in [-0.15, -0.1) is 0 Å². The van der Waals surface area contributed by atoms with Gasteiger partial charge >= 0.3 is 0 Å². The molecule has 4 rings (SSSR count). The number of aromatic nitrogens is 2. The fourth-order valence-corrected chi connectivity index (χ4v) is 3.64. The first-order chi connectivity index (χ1) is 14.3. The number of ether oxygens (including phenoxy) is 1. The standard InChI is InChI=1S/C23H27N5O/c1-3-27-13-15-28(16-14-27)21-10-9-19(17-22(21)29-2)25-23-24-12-11-20(26-23)18-7-5-4-6-8-18/h4-12,17H,3,13-16H2,1-2H3,(H,24,25,26). The number of rotatable bonds is 6. The van der Waals surface area contributed by atoms with Crippen LogP contribution in [0.1, 0.15) is 6.92 Å². The highest BCUT2D eigenvalue weighted by atomic mass is 16.5. The molecule has 1 aromatic heterocycles. The molecule has 1 aliphatic rings. The summed E-state index contributed by atoms with van der Waals surface area (Å²) in [5.41, 5.74) is 3.99. The van der Waals surface area contributed by atoms with E-state index in [0.29, 0.717) is 5.95 Å². The van der Waals surface area contributed by atoms with Crippen LogP contribution in [-0.4, -0.2) is 54.7 Å². The molecule has 0 spiro atoms. The second-order valence-electron chi connectivity index (χ2n) is 7.06. The Balaban J connectivity index is 1.51. The van der Waals surface area contributed by atoms with Crippen LogP contribution in [0.3, 0.4) is 0 Å². The van der Waals surface area contributed by atoms with Gasteiger partial charge in [-0.05, 0) is 24.7 Å². The van der Waals surface area contributed by atoms with Gasteiger partial charge in [0.15, 0.2) is 0 Å². The molecule has 0 unspecified atom stereocenters. The third kappa shape index (κ3) is 4.49. The van der Waals surface area contributed by atoms with Gasteiger partial charge in [0, 0.05) is 49.7 Å². The van der Waals surface area contributed by atoms with Crippen LogP contribution in [0.15, 0.2) is 60.8 Å². The number of methoxy groups -OCH3 is 1. The van der Waals surface area contributed by atoms with E-state index in [1.165, 1.54) is 0 Å². The fraction of sp³-hybridized carbons (Fsp3) is 0.304. The van der Waals surface area contributed by atoms with Crippen LogP contribution in [0, 0.1) is 0 Å². The summed E-state index contributed by atoms with van der Waals surface area (Å²) in [7, 11) is 1.72. The molecule has 6 heteroatoms. The Morgan fingerprint density at radius 2 is 1.79 bits per heavy atom. The summed E-state index contributed by atoms with van der Waals surface area (Å²) in [6.45, 7) is 7.51. The molecule has 2 aromatic carbocycles. The summed E-state index contributed by atoms with van der Waals surface area (Å²) >= 11 is 0. The average Bonchev–Trinajstić information content (AvgIpc) is 2.80. The van der Waals surface area contributed by atoms with Crippen LogP contribution in [0.5, 0.6) is 5.75 Å². The van der Waals surface area contributed by atoms with Crippen LogP contribution < -0.4 is 15.0 Å². The number of piperazine rings is 1. The Morgan fingerprint density at radius 3 is 2.52 bits per heavy atom. The lowest BCUT2D eigenvalue weighted by Crippen LogP contribution is -2.46. The number of nitrogens with one attached hydrogen (secondary N) is 1. The van der Waals surface area contributed by atoms with Gasteiger partial charge in [-0.25, -0.2) is 9.97 Å². The van der Waals surface area contributed by atoms with Gasteiger partial charge < -0.3 is 19.9 Å². The fourth-order valence-electron chi connectivity index (χ4n) is 3.64. The summed E-state index contributed by atoms with van der Waals surface area (Å²) in [5, 5.41) is 3.31. The minimum absolute atomic E-state index is 0.567. The summed E-state index contributed by atoms with van der Waals surface area (Å²) in [6.07, 6.45) is 1.77. The zero-order chi connectivity index (χ0) is 20.1. The van der Waals surface area contributed by atoms with E-state index in [1.54, 1.807) is 13.3 Å². The Morgan fingerprint density at radius 1 is 1.00 bits per heavy atom. The molecule has 2 heterocycles. The van der Waals surface area contributed by atoms with Crippen LogP contribution in [-0.2, 0) is 0 Å². The van der Waals surface area contributed by atoms with Crippen molar-refractivity contribution in [3.05, 3.63) is 60.8 Å². The maximum Gasteiger partial charge on any atom is 0.227 e. The average molecular weight is 390 g/mol. The Kier molecular flexibility index (Phi) is 5.91. The second-order valence-corrected chi connectivity index (χ2v) is 7.06. The number of hydrogen-bond acceptors (Lipinski definition) is 6. The van der Waals surface area contributed by atoms with Crippen LogP contribution in [0.2, 0.25) is 0 Å². The van der Waals surface area contributed by atoms with E-state index in [4.69, 9.17) is 4.74 Å². The maximum absolute atomic E-state index is 5.69. The second kappa shape index (κ2) is 8.92. The summed E-state index contributed by atoms with van der Waals surface area (Å²) in [5.74, 6) is 1.43. The highest BCUT2D eigenvalue weighted by Crippen LogP contribution is 2.32. The topological polar surface area (TPSA) is 53.5 Å². The van der Waals surface area contributed by atoms with Gasteiger partial charge in [-0.1, -0.05) is 37.3 Å². The van der Waals surface area contributed by atoms with E-state index in [9.17, 15) is 0 Å². The zero-order valence-electron chi connectivity index (χ0n) is 17.0. The van der Waals surface area contributed by atoms with Crippen molar-refractivity contribution < 1.29 is 4.74 Å². The first-order valence-electron chi connectivity index (χ1n) is 10.1. The number of likely N-dealkylation sites (N-methyl/N-ethyl adjacent to an activating group) is 1. The van der Waals surface area contributed by atoms with Crippen molar-refractivity contribution in [3.63, 3.8) is 0 Å². The van der Waals surface area contributed by atoms with Crippen molar-refractivity contribution >= 4 is 17.3 Å². The number of anilines is 3. The van der Waals surface area contributed by atoms with E-state index >= 15 is 0 Å². The summed E-state index contributed by atoms with van der Waals surface area (Å²) < 4.78 is 5.69. The normalized spacial score (nSPS) is 14.6. The molecule has 6 nitrogen and oxygen atoms in total. The largest absolute Gasteiger partial charge is 0.495 e. The number of nitrogens with zero attached hydrogens (tertiary/aromatic N) is 4. The van der Waals surface area contributed by atoms with Gasteiger partial charge in [0.2, 0.25) is 5.95 Å². The molecule has 1 fully saturated rings. The molecular formula is C23H27N5O. The molecule has 0 saturated carbocycles. The van der Waals surface area contributed by atoms with Crippen molar-refractivity contribution in [1.82, 2.24) is 14.9 Å². The van der Waals surface area contributed by atoms with E-state index in [2.05, 4.69) is 44.1 Å². The lowest BCUT2D eigenvalue weighted by atomic mass is 10.1. The molecule has 1 saturated heterocycles. The molecule has 1 aliphatic heterocycles. The van der Waals surface area contributed by atoms with Crippen LogP contribution in [0.4, 0.5) is 17.3 Å². The third-order valence-electron chi connectivity index (χ3n) is 5.32. The predicted octanol–water partition coefficient (Wildman–Crippen LogP) is 4.04. The number of hydrogen-bond donors (Lipinski definition) is 1. The molecule has 150 valence electrons. The molecule has 0 atom stereocenters. The van der Waals surface area contributed by atoms with Crippen molar-refractivity contribution in [2.45, 2.75) is 6.92 Å². The van der Waals surface area contributed by atoms with Gasteiger partial charge in [0.25, 0.3) is 0 Å². The van der Waals surface area contributed by atoms with Gasteiger partial charge in [-0.2, -0.15) is 0 Å². The minimum Gasteiger partial charge on any atom is -0.495 e. The zero-order valence-corrected chi connectivity index (χ0v) is 17.0. The highest BCUT2D eigenvalue weighted by molar-refractivity contribution is 5.68. The van der Waals surface area contributed by atoms with Gasteiger partial charge in [-0.3, -0.25) is 0 Å². The Labute approximate surface area is 172 Å². The van der Waals surface area contributed by atoms with E-state index in [0.717, 1.165) is 61.1 Å². The van der Waals surface area contributed by atoms with E-state index < -0.39 is 0 Å². The molecule has 29 heavy (non-hydrogen) atoms. The molecule has 0 amide bonds. The first-order valence-corrected chi connectivity index (χ1v) is 10.1. The lowest BCUT2D eigenvalue weighted by molar-refractivity contribution is 0.270. The Bertz CT molecular complexity index is 939. The first kappa shape index (κ1) is 19.2. The van der Waals surface area contributed by atoms with Crippen molar-refractivity contribution in [2.75, 3.05) is 50.1 Å². The monoisotopic (exact) mass is 389 g/mol. The smallest absolute Gasteiger partial charge is 0.227 e. The summed E-state index contributed by atoms with van der Waals surface area (Å²) in [6, 6.07) is 18.2. The van der Waals surface area contributed by atoms with Crippen molar-refractivity contribution in [1.29, 1.82) is 0 Å². The molecule has 3 aromatic rings. The number of benzene rings is 2. The molecule has 0 bridgehead atoms. The SMILES string of the molecule is CCN1CCN(c2ccc(Nc3nccc(-c4ccccc4)n3)cc2OC)CC1. The van der Waals surface area contributed by atoms with Crippen molar-refractivity contribution in [2.24, 2.45) is 0 Å². The lowest BCUT2D eigenvalue weighted by Gasteiger charge is -2.36. The Hall–Kier alpha value is -3.12. The molecule has 0 radical (unpaired) electrons. The van der Waals surface area contributed by atoms with Crippen molar-refractivity contribution in [3.8, 4) is 17.0 Å². The highest BCUT2D eigenvalue weighted by Gasteiger charge is 2.19. The molecule has 1 N–H and O–H groups in total. The van der Waals surface area contributed by atoms with Crippen LogP contribution in [0.25, 0.3) is 11.3 Å². The predicted molar refractivity (Wildman–Crippen MR) is 118 cm³/mol. The quantitative estimate of drug-likeness (QED) is 0.687.